The van der Waals surface area contributed by atoms with E-state index in [0.29, 0.717) is 44.7 Å². The molecule has 3 aliphatic rings. The Balaban J connectivity index is 0.000000417. The third kappa shape index (κ3) is 8.89. The minimum Gasteiger partial charge on any atom is -0.379 e. The number of fused-ring (bicyclic) bond motifs is 1. The van der Waals surface area contributed by atoms with Crippen molar-refractivity contribution in [1.29, 1.82) is 0 Å². The molecular weight excluding hydrogens is 557 g/mol. The maximum atomic E-state index is 13.1. The van der Waals surface area contributed by atoms with Crippen LogP contribution in [0.2, 0.25) is 0 Å². The quantitative estimate of drug-likeness (QED) is 0.396. The van der Waals surface area contributed by atoms with E-state index in [2.05, 4.69) is 4.90 Å². The molecule has 0 N–H and O–H groups in total. The highest BCUT2D eigenvalue weighted by molar-refractivity contribution is 5.78. The Morgan fingerprint density at radius 3 is 2.10 bits per heavy atom. The number of rotatable bonds is 5. The SMILES string of the molecule is Cc1ccc(F)cc1.O=C1CC(CN2CCOCC2)CC2CC(OCc3cc(C(F)(F)F)cc(C(F)(F)F)c3)CN12. The molecule has 5 rings (SSSR count). The van der Waals surface area contributed by atoms with E-state index in [0.717, 1.165) is 31.6 Å². The number of hydrogen-bond acceptors (Lipinski definition) is 4. The molecule has 5 nitrogen and oxygen atoms in total. The van der Waals surface area contributed by atoms with Crippen LogP contribution < -0.4 is 0 Å². The summed E-state index contributed by atoms with van der Waals surface area (Å²) in [6, 6.07) is 7.85. The van der Waals surface area contributed by atoms with Gasteiger partial charge in [-0.3, -0.25) is 9.69 Å². The number of aryl methyl sites for hydroxylation is 1. The van der Waals surface area contributed by atoms with E-state index in [1.807, 2.05) is 6.92 Å². The minimum atomic E-state index is -4.90. The number of piperidine rings is 1. The summed E-state index contributed by atoms with van der Waals surface area (Å²) in [7, 11) is 0. The lowest BCUT2D eigenvalue weighted by Crippen LogP contribution is -2.47. The first kappa shape index (κ1) is 31.2. The van der Waals surface area contributed by atoms with Gasteiger partial charge in [-0.15, -0.1) is 0 Å². The topological polar surface area (TPSA) is 42.0 Å². The van der Waals surface area contributed by atoms with Crippen LogP contribution in [0.1, 0.15) is 41.5 Å². The molecule has 3 fully saturated rings. The molecule has 3 aliphatic heterocycles. The second-order valence-electron chi connectivity index (χ2n) is 10.8. The van der Waals surface area contributed by atoms with Crippen LogP contribution in [-0.2, 0) is 33.2 Å². The van der Waals surface area contributed by atoms with Crippen LogP contribution >= 0.6 is 0 Å². The van der Waals surface area contributed by atoms with Crippen molar-refractivity contribution in [3.63, 3.8) is 0 Å². The Labute approximate surface area is 234 Å². The van der Waals surface area contributed by atoms with Crippen molar-refractivity contribution in [2.45, 2.75) is 57.3 Å². The van der Waals surface area contributed by atoms with Crippen molar-refractivity contribution in [3.05, 3.63) is 70.5 Å². The number of alkyl halides is 6. The summed E-state index contributed by atoms with van der Waals surface area (Å²) in [5, 5.41) is 0. The molecule has 3 atom stereocenters. The van der Waals surface area contributed by atoms with Gasteiger partial charge in [0.2, 0.25) is 5.91 Å². The lowest BCUT2D eigenvalue weighted by molar-refractivity contribution is -0.143. The molecule has 0 bridgehead atoms. The molecule has 0 aromatic heterocycles. The summed E-state index contributed by atoms with van der Waals surface area (Å²) in [6.45, 7) is 5.69. The fourth-order valence-corrected chi connectivity index (χ4v) is 5.49. The molecule has 41 heavy (non-hydrogen) atoms. The van der Waals surface area contributed by atoms with Crippen molar-refractivity contribution >= 4 is 5.91 Å². The summed E-state index contributed by atoms with van der Waals surface area (Å²) in [4.78, 5) is 16.7. The summed E-state index contributed by atoms with van der Waals surface area (Å²) >= 11 is 0. The molecule has 3 heterocycles. The van der Waals surface area contributed by atoms with Gasteiger partial charge < -0.3 is 14.4 Å². The lowest BCUT2D eigenvalue weighted by Gasteiger charge is -2.37. The molecule has 2 aromatic carbocycles. The van der Waals surface area contributed by atoms with Crippen molar-refractivity contribution < 1.29 is 45.0 Å². The van der Waals surface area contributed by atoms with Gasteiger partial charge in [0, 0.05) is 38.6 Å². The van der Waals surface area contributed by atoms with Crippen LogP contribution in [0.3, 0.4) is 0 Å². The maximum absolute atomic E-state index is 13.1. The standard InChI is InChI=1S/C22H26F6N2O3.C7H7F/c23-21(24,25)16-5-15(6-17(9-16)22(26,27)28)13-33-19-10-18-7-14(8-20(31)30(18)12-19)11-29-1-3-32-4-2-29;1-6-2-4-7(8)5-3-6/h5-6,9,14,18-19H,1-4,7-8,10-13H2;2-5H,1H3. The molecule has 2 aromatic rings. The van der Waals surface area contributed by atoms with Gasteiger partial charge >= 0.3 is 12.4 Å². The van der Waals surface area contributed by atoms with Crippen LogP contribution in [0.4, 0.5) is 30.7 Å². The highest BCUT2D eigenvalue weighted by atomic mass is 19.4. The van der Waals surface area contributed by atoms with Crippen molar-refractivity contribution in [3.8, 4) is 0 Å². The third-order valence-corrected chi connectivity index (χ3v) is 7.53. The number of halogens is 7. The normalized spacial score (nSPS) is 23.7. The maximum Gasteiger partial charge on any atom is 0.416 e. The molecular formula is C29H33F7N2O3. The summed E-state index contributed by atoms with van der Waals surface area (Å²) in [5.41, 5.74) is -1.83. The van der Waals surface area contributed by atoms with Crippen molar-refractivity contribution in [2.24, 2.45) is 5.92 Å². The smallest absolute Gasteiger partial charge is 0.379 e. The average molecular weight is 591 g/mol. The van der Waals surface area contributed by atoms with Gasteiger partial charge in [-0.25, -0.2) is 4.39 Å². The minimum absolute atomic E-state index is 0.0189. The molecule has 12 heteroatoms. The molecule has 3 saturated heterocycles. The monoisotopic (exact) mass is 590 g/mol. The number of amides is 1. The second kappa shape index (κ2) is 13.1. The second-order valence-corrected chi connectivity index (χ2v) is 10.8. The van der Waals surface area contributed by atoms with Crippen LogP contribution in [0.5, 0.6) is 0 Å². The predicted octanol–water partition coefficient (Wildman–Crippen LogP) is 6.09. The van der Waals surface area contributed by atoms with Crippen LogP contribution in [0.25, 0.3) is 0 Å². The predicted molar refractivity (Wildman–Crippen MR) is 136 cm³/mol. The first-order valence-corrected chi connectivity index (χ1v) is 13.5. The van der Waals surface area contributed by atoms with Gasteiger partial charge in [0.1, 0.15) is 5.82 Å². The molecule has 0 saturated carbocycles. The van der Waals surface area contributed by atoms with Gasteiger partial charge in [0.25, 0.3) is 0 Å². The number of ether oxygens (including phenoxy) is 2. The summed E-state index contributed by atoms with van der Waals surface area (Å²) in [6.07, 6.45) is -8.45. The van der Waals surface area contributed by atoms with E-state index in [1.165, 1.54) is 12.1 Å². The summed E-state index contributed by atoms with van der Waals surface area (Å²) in [5.74, 6) is 0.0676. The van der Waals surface area contributed by atoms with Gasteiger partial charge in [-0.05, 0) is 61.6 Å². The Morgan fingerprint density at radius 1 is 0.927 bits per heavy atom. The molecule has 226 valence electrons. The van der Waals surface area contributed by atoms with E-state index < -0.39 is 29.6 Å². The molecule has 0 aliphatic carbocycles. The molecule has 0 spiro atoms. The van der Waals surface area contributed by atoms with Crippen LogP contribution in [0.15, 0.2) is 42.5 Å². The highest BCUT2D eigenvalue weighted by Gasteiger charge is 2.42. The van der Waals surface area contributed by atoms with Gasteiger partial charge in [-0.2, -0.15) is 26.3 Å². The number of morpholine rings is 1. The van der Waals surface area contributed by atoms with E-state index >= 15 is 0 Å². The fraction of sp³-hybridized carbons (Fsp3) is 0.552. The Morgan fingerprint density at radius 2 is 1.54 bits per heavy atom. The van der Waals surface area contributed by atoms with E-state index in [4.69, 9.17) is 9.47 Å². The van der Waals surface area contributed by atoms with E-state index in [9.17, 15) is 35.5 Å². The average Bonchev–Trinajstić information content (AvgIpc) is 3.33. The number of hydrogen-bond donors (Lipinski definition) is 0. The molecule has 3 unspecified atom stereocenters. The lowest BCUT2D eigenvalue weighted by atomic mass is 9.90. The molecule has 0 radical (unpaired) electrons. The Kier molecular flexibility index (Phi) is 9.97. The number of nitrogens with zero attached hydrogens (tertiary/aromatic N) is 2. The molecule has 1 amide bonds. The third-order valence-electron chi connectivity index (χ3n) is 7.53. The Hall–Kier alpha value is -2.70. The number of carbonyl (C=O) groups excluding carboxylic acids is 1. The first-order valence-electron chi connectivity index (χ1n) is 13.5. The largest absolute Gasteiger partial charge is 0.416 e. The zero-order valence-electron chi connectivity index (χ0n) is 22.6. The number of benzene rings is 2. The van der Waals surface area contributed by atoms with Gasteiger partial charge in [0.15, 0.2) is 0 Å². The first-order chi connectivity index (χ1) is 19.3. The van der Waals surface area contributed by atoms with E-state index in [-0.39, 0.29) is 41.9 Å². The van der Waals surface area contributed by atoms with Crippen LogP contribution in [0, 0.1) is 18.7 Å². The summed E-state index contributed by atoms with van der Waals surface area (Å²) < 4.78 is 102. The van der Waals surface area contributed by atoms with Crippen molar-refractivity contribution in [2.75, 3.05) is 39.4 Å². The van der Waals surface area contributed by atoms with E-state index in [1.54, 1.807) is 17.0 Å². The van der Waals surface area contributed by atoms with Crippen LogP contribution in [-0.4, -0.2) is 67.2 Å². The zero-order valence-corrected chi connectivity index (χ0v) is 22.6. The zero-order chi connectivity index (χ0) is 29.8. The number of carbonyl (C=O) groups is 1. The Bertz CT molecular complexity index is 1110. The highest BCUT2D eigenvalue weighted by Crippen LogP contribution is 2.37. The van der Waals surface area contributed by atoms with Gasteiger partial charge in [0.05, 0.1) is 37.1 Å². The fourth-order valence-electron chi connectivity index (χ4n) is 5.49. The van der Waals surface area contributed by atoms with Gasteiger partial charge in [-0.1, -0.05) is 17.7 Å². The van der Waals surface area contributed by atoms with Crippen molar-refractivity contribution in [1.82, 2.24) is 9.80 Å².